The first-order valence-electron chi connectivity index (χ1n) is 7.90. The Morgan fingerprint density at radius 3 is 2.65 bits per heavy atom. The number of benzene rings is 1. The molecule has 2 rings (SSSR count). The van der Waals surface area contributed by atoms with Gasteiger partial charge in [0.05, 0.1) is 7.05 Å². The van der Waals surface area contributed by atoms with E-state index in [2.05, 4.69) is 28.4 Å². The second-order valence-electron chi connectivity index (χ2n) is 5.63. The topological polar surface area (TPSA) is 62.3 Å². The maximum atomic E-state index is 9.90. The van der Waals surface area contributed by atoms with E-state index in [4.69, 9.17) is 4.74 Å². The molecule has 0 amide bonds. The van der Waals surface area contributed by atoms with Crippen molar-refractivity contribution >= 4 is 5.69 Å². The molecule has 0 aliphatic rings. The number of aryl methyl sites for hydroxylation is 1. The number of aliphatic hydroxyl groups is 1. The standard InChI is InChI=1S/C17H27N4O2/c1-14-17(12-20(2)21(14)3)19-10-9-18-11-15(22)13-23-16-7-5-4-6-8-16/h4-8,12,15,18-19,22H,9-11,13H2,1-3H3/q+1. The monoisotopic (exact) mass is 319 g/mol. The molecule has 0 aliphatic heterocycles. The highest BCUT2D eigenvalue weighted by atomic mass is 16.5. The molecule has 0 bridgehead atoms. The van der Waals surface area contributed by atoms with E-state index in [1.54, 1.807) is 0 Å². The molecule has 2 aromatic rings. The molecule has 6 nitrogen and oxygen atoms in total. The zero-order valence-electron chi connectivity index (χ0n) is 14.1. The van der Waals surface area contributed by atoms with Crippen LogP contribution in [-0.4, -0.2) is 42.1 Å². The van der Waals surface area contributed by atoms with Gasteiger partial charge in [0.15, 0.2) is 7.05 Å². The van der Waals surface area contributed by atoms with Crippen LogP contribution in [0.25, 0.3) is 0 Å². The predicted octanol–water partition coefficient (Wildman–Crippen LogP) is 0.599. The highest BCUT2D eigenvalue weighted by molar-refractivity contribution is 5.43. The number of aliphatic hydroxyl groups excluding tert-OH is 1. The lowest BCUT2D eigenvalue weighted by Crippen LogP contribution is -2.36. The molecule has 0 aliphatic carbocycles. The maximum Gasteiger partial charge on any atom is 0.218 e. The van der Waals surface area contributed by atoms with Crippen molar-refractivity contribution in [2.45, 2.75) is 13.0 Å². The Morgan fingerprint density at radius 1 is 1.26 bits per heavy atom. The van der Waals surface area contributed by atoms with Gasteiger partial charge in [-0.05, 0) is 19.1 Å². The van der Waals surface area contributed by atoms with Gasteiger partial charge in [-0.3, -0.25) is 0 Å². The molecule has 1 heterocycles. The zero-order chi connectivity index (χ0) is 16.7. The van der Waals surface area contributed by atoms with Crippen LogP contribution in [0.3, 0.4) is 0 Å². The largest absolute Gasteiger partial charge is 0.491 e. The molecular formula is C17H27N4O2+. The SMILES string of the molecule is Cc1c(NCCNCC(O)COc2ccccc2)c[n+](C)n1C. The minimum Gasteiger partial charge on any atom is -0.491 e. The minimum atomic E-state index is -0.522. The summed E-state index contributed by atoms with van der Waals surface area (Å²) in [5.41, 5.74) is 2.33. The lowest BCUT2D eigenvalue weighted by molar-refractivity contribution is -0.751. The van der Waals surface area contributed by atoms with Crippen LogP contribution in [-0.2, 0) is 14.1 Å². The molecule has 0 saturated carbocycles. The first-order valence-corrected chi connectivity index (χ1v) is 7.90. The van der Waals surface area contributed by atoms with Gasteiger partial charge in [-0.15, -0.1) is 4.68 Å². The summed E-state index contributed by atoms with van der Waals surface area (Å²) in [4.78, 5) is 0. The molecule has 0 spiro atoms. The third-order valence-electron chi connectivity index (χ3n) is 3.85. The van der Waals surface area contributed by atoms with E-state index in [0.717, 1.165) is 24.5 Å². The summed E-state index contributed by atoms with van der Waals surface area (Å²) in [6.07, 6.45) is 1.55. The van der Waals surface area contributed by atoms with Crippen molar-refractivity contribution in [2.75, 3.05) is 31.6 Å². The third kappa shape index (κ3) is 5.26. The summed E-state index contributed by atoms with van der Waals surface area (Å²) in [5.74, 6) is 0.778. The van der Waals surface area contributed by atoms with Crippen LogP contribution < -0.4 is 20.1 Å². The Balaban J connectivity index is 1.59. The molecule has 0 radical (unpaired) electrons. The molecule has 1 unspecified atom stereocenters. The number of hydrogen-bond donors (Lipinski definition) is 3. The number of aromatic nitrogens is 2. The van der Waals surface area contributed by atoms with E-state index < -0.39 is 6.10 Å². The quantitative estimate of drug-likeness (QED) is 0.468. The van der Waals surface area contributed by atoms with E-state index in [1.807, 2.05) is 49.1 Å². The fourth-order valence-corrected chi connectivity index (χ4v) is 2.27. The molecule has 1 aromatic heterocycles. The summed E-state index contributed by atoms with van der Waals surface area (Å²) in [6, 6.07) is 9.53. The normalized spacial score (nSPS) is 12.2. The summed E-state index contributed by atoms with van der Waals surface area (Å²) < 4.78 is 9.64. The lowest BCUT2D eigenvalue weighted by atomic mass is 10.3. The average Bonchev–Trinajstić information content (AvgIpc) is 2.81. The van der Waals surface area contributed by atoms with Crippen molar-refractivity contribution in [3.05, 3.63) is 42.2 Å². The van der Waals surface area contributed by atoms with E-state index in [0.29, 0.717) is 6.54 Å². The van der Waals surface area contributed by atoms with E-state index in [9.17, 15) is 5.11 Å². The van der Waals surface area contributed by atoms with E-state index in [-0.39, 0.29) is 6.61 Å². The molecule has 126 valence electrons. The summed E-state index contributed by atoms with van der Waals surface area (Å²) >= 11 is 0. The number of anilines is 1. The van der Waals surface area contributed by atoms with Crippen LogP contribution in [0.2, 0.25) is 0 Å². The Hall–Kier alpha value is -2.05. The number of rotatable bonds is 9. The number of nitrogens with one attached hydrogen (secondary N) is 2. The summed E-state index contributed by atoms with van der Waals surface area (Å²) in [5, 5.41) is 16.5. The average molecular weight is 319 g/mol. The number of nitrogens with zero attached hydrogens (tertiary/aromatic N) is 2. The Kier molecular flexibility index (Phi) is 6.43. The maximum absolute atomic E-state index is 9.90. The molecular weight excluding hydrogens is 292 g/mol. The van der Waals surface area contributed by atoms with E-state index >= 15 is 0 Å². The van der Waals surface area contributed by atoms with Crippen LogP contribution >= 0.6 is 0 Å². The van der Waals surface area contributed by atoms with Gasteiger partial charge in [0, 0.05) is 19.6 Å². The Labute approximate surface area is 137 Å². The number of para-hydroxylation sites is 1. The molecule has 0 saturated heterocycles. The second kappa shape index (κ2) is 8.55. The molecule has 23 heavy (non-hydrogen) atoms. The molecule has 3 N–H and O–H groups in total. The van der Waals surface area contributed by atoms with Crippen LogP contribution in [0, 0.1) is 6.92 Å². The van der Waals surface area contributed by atoms with Crippen molar-refractivity contribution in [2.24, 2.45) is 14.1 Å². The summed E-state index contributed by atoms with van der Waals surface area (Å²) in [7, 11) is 4.04. The second-order valence-corrected chi connectivity index (χ2v) is 5.63. The van der Waals surface area contributed by atoms with Crippen LogP contribution in [0.15, 0.2) is 36.5 Å². The van der Waals surface area contributed by atoms with Crippen LogP contribution in [0.1, 0.15) is 5.69 Å². The van der Waals surface area contributed by atoms with Crippen molar-refractivity contribution in [3.8, 4) is 5.75 Å². The van der Waals surface area contributed by atoms with Gasteiger partial charge in [0.25, 0.3) is 0 Å². The smallest absolute Gasteiger partial charge is 0.218 e. The zero-order valence-corrected chi connectivity index (χ0v) is 14.1. The van der Waals surface area contributed by atoms with Crippen molar-refractivity contribution in [1.29, 1.82) is 0 Å². The van der Waals surface area contributed by atoms with Crippen molar-refractivity contribution in [3.63, 3.8) is 0 Å². The molecule has 6 heteroatoms. The fourth-order valence-electron chi connectivity index (χ4n) is 2.27. The highest BCUT2D eigenvalue weighted by Crippen LogP contribution is 2.10. The van der Waals surface area contributed by atoms with Gasteiger partial charge in [0.2, 0.25) is 6.20 Å². The predicted molar refractivity (Wildman–Crippen MR) is 90.6 cm³/mol. The third-order valence-corrected chi connectivity index (χ3v) is 3.85. The van der Waals surface area contributed by atoms with Gasteiger partial charge in [-0.2, -0.15) is 4.68 Å². The van der Waals surface area contributed by atoms with Gasteiger partial charge in [0.1, 0.15) is 29.8 Å². The lowest BCUT2D eigenvalue weighted by Gasteiger charge is -2.13. The number of ether oxygens (including phenoxy) is 1. The summed E-state index contributed by atoms with van der Waals surface area (Å²) in [6.45, 7) is 4.46. The van der Waals surface area contributed by atoms with Crippen LogP contribution in [0.5, 0.6) is 5.75 Å². The molecule has 1 atom stereocenters. The van der Waals surface area contributed by atoms with Crippen molar-refractivity contribution in [1.82, 2.24) is 10.00 Å². The molecule has 1 aromatic carbocycles. The highest BCUT2D eigenvalue weighted by Gasteiger charge is 2.11. The van der Waals surface area contributed by atoms with Crippen molar-refractivity contribution < 1.29 is 14.5 Å². The van der Waals surface area contributed by atoms with Gasteiger partial charge in [-0.25, -0.2) is 0 Å². The Morgan fingerprint density at radius 2 is 2.00 bits per heavy atom. The number of hydrogen-bond acceptors (Lipinski definition) is 4. The van der Waals surface area contributed by atoms with Gasteiger partial charge < -0.3 is 20.5 Å². The van der Waals surface area contributed by atoms with Crippen LogP contribution in [0.4, 0.5) is 5.69 Å². The minimum absolute atomic E-state index is 0.290. The molecule has 0 fully saturated rings. The van der Waals surface area contributed by atoms with E-state index in [1.165, 1.54) is 5.69 Å². The Bertz CT molecular complexity index is 598. The van der Waals surface area contributed by atoms with Gasteiger partial charge >= 0.3 is 0 Å². The first kappa shape index (κ1) is 17.3. The fraction of sp³-hybridized carbons (Fsp3) is 0.471. The first-order chi connectivity index (χ1) is 11.1. The van der Waals surface area contributed by atoms with Gasteiger partial charge in [-0.1, -0.05) is 18.2 Å².